The van der Waals surface area contributed by atoms with Crippen molar-refractivity contribution in [1.82, 2.24) is 0 Å². The summed E-state index contributed by atoms with van der Waals surface area (Å²) in [5, 5.41) is 10.7. The van der Waals surface area contributed by atoms with Crippen LogP contribution in [0.3, 0.4) is 0 Å². The number of aryl methyl sites for hydroxylation is 1. The van der Waals surface area contributed by atoms with Gasteiger partial charge in [-0.2, -0.15) is 0 Å². The predicted octanol–water partition coefficient (Wildman–Crippen LogP) is 2.56. The quantitative estimate of drug-likeness (QED) is 0.852. The molecule has 0 fully saturated rings. The highest BCUT2D eigenvalue weighted by Crippen LogP contribution is 2.42. The van der Waals surface area contributed by atoms with Crippen molar-refractivity contribution in [2.45, 2.75) is 44.6 Å². The Morgan fingerprint density at radius 1 is 1.53 bits per heavy atom. The summed E-state index contributed by atoms with van der Waals surface area (Å²) in [6.07, 6.45) is 1.61. The largest absolute Gasteiger partial charge is 0.464 e. The van der Waals surface area contributed by atoms with Gasteiger partial charge in [-0.15, -0.1) is 0 Å². The average Bonchev–Trinajstić information content (AvgIpc) is 2.81. The first-order valence-corrected chi connectivity index (χ1v) is 6.70. The molecule has 19 heavy (non-hydrogen) atoms. The van der Waals surface area contributed by atoms with E-state index >= 15 is 0 Å². The topological polar surface area (TPSA) is 46.5 Å². The third-order valence-corrected chi connectivity index (χ3v) is 3.93. The van der Waals surface area contributed by atoms with Crippen LogP contribution in [-0.4, -0.2) is 23.3 Å². The summed E-state index contributed by atoms with van der Waals surface area (Å²) in [6, 6.07) is 4.52. The lowest BCUT2D eigenvalue weighted by atomic mass is 9.81. The van der Waals surface area contributed by atoms with Crippen molar-refractivity contribution < 1.29 is 19.0 Å². The van der Waals surface area contributed by atoms with E-state index in [2.05, 4.69) is 0 Å². The van der Waals surface area contributed by atoms with E-state index in [-0.39, 0.29) is 24.8 Å². The van der Waals surface area contributed by atoms with Gasteiger partial charge in [-0.1, -0.05) is 13.0 Å². The average molecular weight is 266 g/mol. The fourth-order valence-corrected chi connectivity index (χ4v) is 2.87. The lowest BCUT2D eigenvalue weighted by molar-refractivity contribution is -0.168. The maximum atomic E-state index is 13.2. The van der Waals surface area contributed by atoms with Crippen molar-refractivity contribution in [3.8, 4) is 0 Å². The highest BCUT2D eigenvalue weighted by Gasteiger charge is 2.46. The van der Waals surface area contributed by atoms with E-state index in [0.717, 1.165) is 11.1 Å². The number of ether oxygens (including phenoxy) is 1. The fourth-order valence-electron chi connectivity index (χ4n) is 2.87. The standard InChI is InChI=1S/C15H19FO3/c1-3-15(18,14(17)19-4-2)13-8-5-10-9-11(16)6-7-12(10)13/h6-7,9,13,18H,3-5,8H2,1-2H3. The normalized spacial score (nSPS) is 20.7. The summed E-state index contributed by atoms with van der Waals surface area (Å²) in [7, 11) is 0. The van der Waals surface area contributed by atoms with E-state index < -0.39 is 11.6 Å². The third kappa shape index (κ3) is 2.37. The molecular formula is C15H19FO3. The summed E-state index contributed by atoms with van der Waals surface area (Å²) >= 11 is 0. The van der Waals surface area contributed by atoms with Crippen LogP contribution in [0.4, 0.5) is 4.39 Å². The molecule has 0 saturated heterocycles. The Hall–Kier alpha value is -1.42. The van der Waals surface area contributed by atoms with Gasteiger partial charge < -0.3 is 9.84 Å². The number of esters is 1. The Bertz CT molecular complexity index is 486. The summed E-state index contributed by atoms with van der Waals surface area (Å²) in [5.74, 6) is -1.18. The van der Waals surface area contributed by atoms with Crippen molar-refractivity contribution in [3.63, 3.8) is 0 Å². The second kappa shape index (κ2) is 5.29. The van der Waals surface area contributed by atoms with Crippen LogP contribution in [0, 0.1) is 5.82 Å². The number of hydrogen-bond acceptors (Lipinski definition) is 3. The Morgan fingerprint density at radius 3 is 2.89 bits per heavy atom. The van der Waals surface area contributed by atoms with Crippen LogP contribution in [0.25, 0.3) is 0 Å². The molecule has 1 aliphatic carbocycles. The lowest BCUT2D eigenvalue weighted by Crippen LogP contribution is -2.44. The van der Waals surface area contributed by atoms with E-state index in [1.807, 2.05) is 0 Å². The van der Waals surface area contributed by atoms with Crippen LogP contribution in [0.1, 0.15) is 43.7 Å². The molecule has 0 aromatic heterocycles. The summed E-state index contributed by atoms with van der Waals surface area (Å²) in [5.41, 5.74) is 0.221. The predicted molar refractivity (Wildman–Crippen MR) is 69.3 cm³/mol. The van der Waals surface area contributed by atoms with Gasteiger partial charge in [-0.3, -0.25) is 0 Å². The van der Waals surface area contributed by atoms with Gasteiger partial charge in [0.15, 0.2) is 5.60 Å². The first-order chi connectivity index (χ1) is 9.02. The first kappa shape index (κ1) is 14.0. The smallest absolute Gasteiger partial charge is 0.338 e. The van der Waals surface area contributed by atoms with Gasteiger partial charge >= 0.3 is 5.97 Å². The molecule has 0 bridgehead atoms. The van der Waals surface area contributed by atoms with Crippen molar-refractivity contribution in [2.75, 3.05) is 6.61 Å². The molecule has 0 saturated carbocycles. The molecule has 2 unspecified atom stereocenters. The number of halogens is 1. The number of fused-ring (bicyclic) bond motifs is 1. The van der Waals surface area contributed by atoms with Crippen LogP contribution in [0.5, 0.6) is 0 Å². The molecule has 2 rings (SSSR count). The highest BCUT2D eigenvalue weighted by atomic mass is 19.1. The van der Waals surface area contributed by atoms with Gasteiger partial charge in [0.05, 0.1) is 6.61 Å². The number of rotatable bonds is 4. The molecule has 0 heterocycles. The Morgan fingerprint density at radius 2 is 2.26 bits per heavy atom. The maximum absolute atomic E-state index is 13.2. The molecule has 0 radical (unpaired) electrons. The monoisotopic (exact) mass is 266 g/mol. The number of aliphatic hydroxyl groups is 1. The highest BCUT2D eigenvalue weighted by molar-refractivity contribution is 5.81. The summed E-state index contributed by atoms with van der Waals surface area (Å²) in [4.78, 5) is 12.0. The van der Waals surface area contributed by atoms with E-state index in [4.69, 9.17) is 4.74 Å². The Kier molecular flexibility index (Phi) is 3.90. The van der Waals surface area contributed by atoms with E-state index in [0.29, 0.717) is 12.8 Å². The van der Waals surface area contributed by atoms with Gasteiger partial charge in [-0.25, -0.2) is 9.18 Å². The van der Waals surface area contributed by atoms with Crippen molar-refractivity contribution >= 4 is 5.97 Å². The van der Waals surface area contributed by atoms with E-state index in [1.54, 1.807) is 19.9 Å². The molecule has 2 atom stereocenters. The molecular weight excluding hydrogens is 247 g/mol. The van der Waals surface area contributed by atoms with Crippen LogP contribution in [-0.2, 0) is 16.0 Å². The minimum absolute atomic E-state index is 0.240. The van der Waals surface area contributed by atoms with Gasteiger partial charge in [-0.05, 0) is 49.4 Å². The van der Waals surface area contributed by atoms with Crippen LogP contribution in [0.15, 0.2) is 18.2 Å². The minimum atomic E-state index is -1.51. The van der Waals surface area contributed by atoms with Gasteiger partial charge in [0, 0.05) is 5.92 Å². The molecule has 1 N–H and O–H groups in total. The van der Waals surface area contributed by atoms with Gasteiger partial charge in [0.2, 0.25) is 0 Å². The van der Waals surface area contributed by atoms with Crippen LogP contribution >= 0.6 is 0 Å². The zero-order valence-corrected chi connectivity index (χ0v) is 11.3. The SMILES string of the molecule is CCOC(=O)C(O)(CC)C1CCc2cc(F)ccc21. The molecule has 1 aromatic carbocycles. The molecule has 1 aliphatic rings. The maximum Gasteiger partial charge on any atom is 0.338 e. The van der Waals surface area contributed by atoms with Gasteiger partial charge in [0.1, 0.15) is 5.82 Å². The Balaban J connectivity index is 2.35. The third-order valence-electron chi connectivity index (χ3n) is 3.93. The summed E-state index contributed by atoms with van der Waals surface area (Å²) in [6.45, 7) is 3.72. The van der Waals surface area contributed by atoms with E-state index in [1.165, 1.54) is 12.1 Å². The lowest BCUT2D eigenvalue weighted by Gasteiger charge is -2.31. The fraction of sp³-hybridized carbons (Fsp3) is 0.533. The number of benzene rings is 1. The number of carbonyl (C=O) groups is 1. The molecule has 3 nitrogen and oxygen atoms in total. The second-order valence-electron chi connectivity index (χ2n) is 4.93. The van der Waals surface area contributed by atoms with Crippen molar-refractivity contribution in [2.24, 2.45) is 0 Å². The molecule has 1 aromatic rings. The second-order valence-corrected chi connectivity index (χ2v) is 4.93. The zero-order valence-electron chi connectivity index (χ0n) is 11.3. The van der Waals surface area contributed by atoms with Crippen molar-refractivity contribution in [3.05, 3.63) is 35.1 Å². The van der Waals surface area contributed by atoms with Gasteiger partial charge in [0.25, 0.3) is 0 Å². The number of carbonyl (C=O) groups excluding carboxylic acids is 1. The van der Waals surface area contributed by atoms with Crippen molar-refractivity contribution in [1.29, 1.82) is 0 Å². The zero-order chi connectivity index (χ0) is 14.0. The number of hydrogen-bond donors (Lipinski definition) is 1. The molecule has 104 valence electrons. The van der Waals surface area contributed by atoms with E-state index in [9.17, 15) is 14.3 Å². The molecule has 0 amide bonds. The summed E-state index contributed by atoms with van der Waals surface area (Å²) < 4.78 is 18.2. The first-order valence-electron chi connectivity index (χ1n) is 6.70. The minimum Gasteiger partial charge on any atom is -0.464 e. The molecule has 0 aliphatic heterocycles. The van der Waals surface area contributed by atoms with Crippen LogP contribution in [0.2, 0.25) is 0 Å². The molecule has 4 heteroatoms. The van der Waals surface area contributed by atoms with Crippen LogP contribution < -0.4 is 0 Å². The Labute approximate surface area is 112 Å². The molecule has 0 spiro atoms.